The second-order valence-corrected chi connectivity index (χ2v) is 4.09. The summed E-state index contributed by atoms with van der Waals surface area (Å²) in [5.74, 6) is -0.384. The van der Waals surface area contributed by atoms with Crippen LogP contribution in [-0.4, -0.2) is 18.1 Å². The Morgan fingerprint density at radius 1 is 0.952 bits per heavy atom. The Bertz CT molecular complexity index is 612. The number of ether oxygens (including phenoxy) is 1. The molecule has 0 saturated carbocycles. The van der Waals surface area contributed by atoms with Gasteiger partial charge in [-0.05, 0) is 11.1 Å². The molecule has 4 heteroatoms. The van der Waals surface area contributed by atoms with Crippen LogP contribution < -0.4 is 0 Å². The lowest BCUT2D eigenvalue weighted by Crippen LogP contribution is -1.97. The standard InChI is InChI=1S/C12H10.C5H5NO3/c1-3-7-11(8-4-1)12-9-5-2-6-10-12;1-8-5(7)4-2-6-3-9-4/h1-10H;2-3H,1H3. The topological polar surface area (TPSA) is 52.3 Å². The fraction of sp³-hybridized carbons (Fsp3) is 0.0588. The Hall–Kier alpha value is -2.88. The summed E-state index contributed by atoms with van der Waals surface area (Å²) in [6, 6.07) is 20.8. The van der Waals surface area contributed by atoms with Crippen molar-refractivity contribution in [3.8, 4) is 11.1 Å². The first-order valence-electron chi connectivity index (χ1n) is 6.38. The van der Waals surface area contributed by atoms with Gasteiger partial charge in [0.2, 0.25) is 5.76 Å². The summed E-state index contributed by atoms with van der Waals surface area (Å²) < 4.78 is 8.92. The van der Waals surface area contributed by atoms with Crippen molar-refractivity contribution >= 4 is 5.97 Å². The highest BCUT2D eigenvalue weighted by Gasteiger charge is 2.06. The smallest absolute Gasteiger partial charge is 0.375 e. The van der Waals surface area contributed by atoms with Crippen molar-refractivity contribution in [1.29, 1.82) is 0 Å². The Morgan fingerprint density at radius 3 is 1.86 bits per heavy atom. The van der Waals surface area contributed by atoms with Gasteiger partial charge in [0.15, 0.2) is 6.39 Å². The van der Waals surface area contributed by atoms with Crippen molar-refractivity contribution < 1.29 is 13.9 Å². The predicted octanol–water partition coefficient (Wildman–Crippen LogP) is 3.81. The molecule has 0 atom stereocenters. The van der Waals surface area contributed by atoms with Crippen LogP contribution in [0.15, 0.2) is 77.7 Å². The number of carbonyl (C=O) groups excluding carboxylic acids is 1. The van der Waals surface area contributed by atoms with E-state index < -0.39 is 5.97 Å². The molecule has 0 N–H and O–H groups in total. The Labute approximate surface area is 123 Å². The molecular formula is C17H15NO3. The van der Waals surface area contributed by atoms with Gasteiger partial charge in [-0.15, -0.1) is 0 Å². The van der Waals surface area contributed by atoms with E-state index >= 15 is 0 Å². The highest BCUT2D eigenvalue weighted by atomic mass is 16.5. The van der Waals surface area contributed by atoms with Crippen LogP contribution in [0.25, 0.3) is 11.1 Å². The summed E-state index contributed by atoms with van der Waals surface area (Å²) in [4.78, 5) is 14.0. The molecule has 4 nitrogen and oxygen atoms in total. The molecule has 0 aliphatic heterocycles. The fourth-order valence-electron chi connectivity index (χ4n) is 1.68. The molecule has 2 aromatic carbocycles. The SMILES string of the molecule is COC(=O)c1cnco1.c1ccc(-c2ccccc2)cc1. The summed E-state index contributed by atoms with van der Waals surface area (Å²) in [5.41, 5.74) is 2.55. The first kappa shape index (κ1) is 14.5. The number of benzene rings is 2. The third kappa shape index (κ3) is 4.31. The summed E-state index contributed by atoms with van der Waals surface area (Å²) in [6.45, 7) is 0. The zero-order valence-electron chi connectivity index (χ0n) is 11.6. The van der Waals surface area contributed by atoms with E-state index in [1.165, 1.54) is 30.8 Å². The second kappa shape index (κ2) is 7.65. The highest BCUT2D eigenvalue weighted by Crippen LogP contribution is 2.17. The molecular weight excluding hydrogens is 266 g/mol. The van der Waals surface area contributed by atoms with Crippen molar-refractivity contribution in [2.45, 2.75) is 0 Å². The van der Waals surface area contributed by atoms with E-state index in [1.807, 2.05) is 12.1 Å². The van der Waals surface area contributed by atoms with Crippen molar-refractivity contribution in [2.75, 3.05) is 7.11 Å². The zero-order chi connectivity index (χ0) is 14.9. The van der Waals surface area contributed by atoms with E-state index in [0.717, 1.165) is 0 Å². The van der Waals surface area contributed by atoms with Gasteiger partial charge in [-0.3, -0.25) is 0 Å². The van der Waals surface area contributed by atoms with Gasteiger partial charge < -0.3 is 9.15 Å². The van der Waals surface area contributed by atoms with Crippen LogP contribution in [0.2, 0.25) is 0 Å². The molecule has 0 unspecified atom stereocenters. The van der Waals surface area contributed by atoms with Crippen LogP contribution in [-0.2, 0) is 4.74 Å². The second-order valence-electron chi connectivity index (χ2n) is 4.09. The summed E-state index contributed by atoms with van der Waals surface area (Å²) in [5, 5.41) is 0. The van der Waals surface area contributed by atoms with Gasteiger partial charge in [0.1, 0.15) is 0 Å². The largest absolute Gasteiger partial charge is 0.463 e. The number of oxazole rings is 1. The van der Waals surface area contributed by atoms with Gasteiger partial charge in [0, 0.05) is 0 Å². The monoisotopic (exact) mass is 281 g/mol. The van der Waals surface area contributed by atoms with E-state index in [0.29, 0.717) is 0 Å². The molecule has 3 rings (SSSR count). The Balaban J connectivity index is 0.000000161. The molecule has 0 aliphatic rings. The van der Waals surface area contributed by atoms with Gasteiger partial charge in [-0.2, -0.15) is 0 Å². The van der Waals surface area contributed by atoms with E-state index in [1.54, 1.807) is 0 Å². The number of methoxy groups -OCH3 is 1. The number of aromatic nitrogens is 1. The predicted molar refractivity (Wildman–Crippen MR) is 79.7 cm³/mol. The molecule has 0 radical (unpaired) electrons. The van der Waals surface area contributed by atoms with E-state index in [2.05, 4.69) is 62.7 Å². The van der Waals surface area contributed by atoms with Crippen LogP contribution in [0.1, 0.15) is 10.6 Å². The molecule has 21 heavy (non-hydrogen) atoms. The van der Waals surface area contributed by atoms with Crippen molar-refractivity contribution in [3.05, 3.63) is 79.0 Å². The number of hydrogen-bond donors (Lipinski definition) is 0. The first-order chi connectivity index (χ1) is 10.3. The Kier molecular flexibility index (Phi) is 5.29. The minimum absolute atomic E-state index is 0.123. The van der Waals surface area contributed by atoms with Gasteiger partial charge in [-0.1, -0.05) is 60.7 Å². The van der Waals surface area contributed by atoms with E-state index in [4.69, 9.17) is 0 Å². The maximum atomic E-state index is 10.5. The molecule has 0 bridgehead atoms. The molecule has 0 amide bonds. The molecule has 1 aromatic heterocycles. The minimum Gasteiger partial charge on any atom is -0.463 e. The molecule has 0 spiro atoms. The number of hydrogen-bond acceptors (Lipinski definition) is 4. The molecule has 0 saturated heterocycles. The van der Waals surface area contributed by atoms with Crippen LogP contribution >= 0.6 is 0 Å². The first-order valence-corrected chi connectivity index (χ1v) is 6.38. The number of rotatable bonds is 2. The Morgan fingerprint density at radius 2 is 1.48 bits per heavy atom. The number of nitrogens with zero attached hydrogens (tertiary/aromatic N) is 1. The van der Waals surface area contributed by atoms with Crippen LogP contribution in [0.5, 0.6) is 0 Å². The number of carbonyl (C=O) groups is 1. The third-order valence-corrected chi connectivity index (χ3v) is 2.70. The lowest BCUT2D eigenvalue weighted by atomic mass is 10.1. The van der Waals surface area contributed by atoms with Crippen LogP contribution in [0, 0.1) is 0 Å². The average molecular weight is 281 g/mol. The molecule has 3 aromatic rings. The fourth-order valence-corrected chi connectivity index (χ4v) is 1.68. The quantitative estimate of drug-likeness (QED) is 0.670. The van der Waals surface area contributed by atoms with E-state index in [9.17, 15) is 4.79 Å². The average Bonchev–Trinajstić information content (AvgIpc) is 3.11. The van der Waals surface area contributed by atoms with Crippen molar-refractivity contribution in [1.82, 2.24) is 4.98 Å². The number of esters is 1. The summed E-state index contributed by atoms with van der Waals surface area (Å²) in [7, 11) is 1.28. The normalized spacial score (nSPS) is 9.38. The summed E-state index contributed by atoms with van der Waals surface area (Å²) in [6.07, 6.45) is 2.47. The van der Waals surface area contributed by atoms with Gasteiger partial charge in [0.05, 0.1) is 13.3 Å². The van der Waals surface area contributed by atoms with Gasteiger partial charge in [-0.25, -0.2) is 9.78 Å². The molecule has 1 heterocycles. The van der Waals surface area contributed by atoms with Gasteiger partial charge >= 0.3 is 5.97 Å². The highest BCUT2D eigenvalue weighted by molar-refractivity contribution is 5.85. The minimum atomic E-state index is -0.507. The maximum absolute atomic E-state index is 10.5. The summed E-state index contributed by atoms with van der Waals surface area (Å²) >= 11 is 0. The molecule has 106 valence electrons. The van der Waals surface area contributed by atoms with Gasteiger partial charge in [0.25, 0.3) is 0 Å². The van der Waals surface area contributed by atoms with Crippen molar-refractivity contribution in [3.63, 3.8) is 0 Å². The third-order valence-electron chi connectivity index (χ3n) is 2.70. The lowest BCUT2D eigenvalue weighted by Gasteiger charge is -1.98. The maximum Gasteiger partial charge on any atom is 0.375 e. The molecule has 0 aliphatic carbocycles. The van der Waals surface area contributed by atoms with E-state index in [-0.39, 0.29) is 5.76 Å². The molecule has 0 fully saturated rings. The lowest BCUT2D eigenvalue weighted by molar-refractivity contribution is 0.0565. The van der Waals surface area contributed by atoms with Crippen molar-refractivity contribution in [2.24, 2.45) is 0 Å². The van der Waals surface area contributed by atoms with Crippen LogP contribution in [0.3, 0.4) is 0 Å². The van der Waals surface area contributed by atoms with Crippen LogP contribution in [0.4, 0.5) is 0 Å². The zero-order valence-corrected chi connectivity index (χ0v) is 11.6.